The molecule has 2 aliphatic rings. The quantitative estimate of drug-likeness (QED) is 0.727. The first-order valence-electron chi connectivity index (χ1n) is 10.7. The topological polar surface area (TPSA) is 54.0 Å². The molecule has 1 N–H and O–H groups in total. The molecule has 1 saturated carbocycles. The van der Waals surface area contributed by atoms with Crippen LogP contribution in [0, 0.1) is 0 Å². The second kappa shape index (κ2) is 8.96. The van der Waals surface area contributed by atoms with E-state index in [1.807, 2.05) is 36.4 Å². The number of hydrogen-bond acceptors (Lipinski definition) is 5. The van der Waals surface area contributed by atoms with Gasteiger partial charge in [0.2, 0.25) is 5.91 Å². The minimum absolute atomic E-state index is 0.129. The van der Waals surface area contributed by atoms with Crippen molar-refractivity contribution in [2.75, 3.05) is 58.4 Å². The normalized spacial score (nSPS) is 18.0. The van der Waals surface area contributed by atoms with Crippen molar-refractivity contribution in [2.45, 2.75) is 18.3 Å². The third-order valence-corrected chi connectivity index (χ3v) is 6.33. The van der Waals surface area contributed by atoms with E-state index in [1.165, 1.54) is 5.69 Å². The number of hydrogen-bond donors (Lipinski definition) is 1. The van der Waals surface area contributed by atoms with E-state index in [0.717, 1.165) is 62.6 Å². The zero-order valence-electron chi connectivity index (χ0n) is 17.9. The average Bonchev–Trinajstić information content (AvgIpc) is 3.61. The lowest BCUT2D eigenvalue weighted by atomic mass is 9.94. The van der Waals surface area contributed by atoms with Gasteiger partial charge in [-0.25, -0.2) is 0 Å². The molecule has 1 saturated heterocycles. The molecular weight excluding hydrogens is 378 g/mol. The number of ether oxygens (including phenoxy) is 2. The lowest BCUT2D eigenvalue weighted by molar-refractivity contribution is -0.123. The molecule has 0 unspecified atom stereocenters. The van der Waals surface area contributed by atoms with Gasteiger partial charge < -0.3 is 19.7 Å². The van der Waals surface area contributed by atoms with Gasteiger partial charge in [0.25, 0.3) is 0 Å². The lowest BCUT2D eigenvalue weighted by Crippen LogP contribution is -2.49. The van der Waals surface area contributed by atoms with Crippen molar-refractivity contribution in [1.82, 2.24) is 10.2 Å². The van der Waals surface area contributed by atoms with Crippen LogP contribution in [0.5, 0.6) is 11.5 Å². The van der Waals surface area contributed by atoms with Crippen molar-refractivity contribution < 1.29 is 14.3 Å². The highest BCUT2D eigenvalue weighted by atomic mass is 16.5. The summed E-state index contributed by atoms with van der Waals surface area (Å²) >= 11 is 0. The van der Waals surface area contributed by atoms with Gasteiger partial charge in [-0.15, -0.1) is 0 Å². The predicted octanol–water partition coefficient (Wildman–Crippen LogP) is 2.67. The minimum Gasteiger partial charge on any atom is -0.497 e. The van der Waals surface area contributed by atoms with Gasteiger partial charge in [0.15, 0.2) is 0 Å². The molecule has 0 aromatic heterocycles. The van der Waals surface area contributed by atoms with E-state index in [4.69, 9.17) is 9.47 Å². The van der Waals surface area contributed by atoms with Crippen LogP contribution in [0.1, 0.15) is 18.4 Å². The Morgan fingerprint density at radius 3 is 2.30 bits per heavy atom. The zero-order chi connectivity index (χ0) is 21.0. The number of methoxy groups -OCH3 is 2. The second-order valence-electron chi connectivity index (χ2n) is 8.07. The van der Waals surface area contributed by atoms with Gasteiger partial charge in [-0.2, -0.15) is 0 Å². The van der Waals surface area contributed by atoms with Crippen molar-refractivity contribution in [2.24, 2.45) is 0 Å². The number of amides is 1. The maximum absolute atomic E-state index is 12.9. The summed E-state index contributed by atoms with van der Waals surface area (Å²) in [4.78, 5) is 17.7. The molecule has 30 heavy (non-hydrogen) atoms. The Bertz CT molecular complexity index is 856. The fourth-order valence-corrected chi connectivity index (χ4v) is 4.30. The predicted molar refractivity (Wildman–Crippen MR) is 119 cm³/mol. The molecule has 1 heterocycles. The van der Waals surface area contributed by atoms with E-state index in [0.29, 0.717) is 6.54 Å². The third-order valence-electron chi connectivity index (χ3n) is 6.33. The van der Waals surface area contributed by atoms with Crippen LogP contribution in [0.25, 0.3) is 0 Å². The smallest absolute Gasteiger partial charge is 0.230 e. The molecule has 1 aliphatic carbocycles. The van der Waals surface area contributed by atoms with Crippen molar-refractivity contribution in [1.29, 1.82) is 0 Å². The summed E-state index contributed by atoms with van der Waals surface area (Å²) < 4.78 is 10.7. The van der Waals surface area contributed by atoms with Gasteiger partial charge in [-0.05, 0) is 43.2 Å². The Morgan fingerprint density at radius 1 is 0.967 bits per heavy atom. The Kier molecular flexibility index (Phi) is 6.13. The highest BCUT2D eigenvalue weighted by Gasteiger charge is 2.52. The van der Waals surface area contributed by atoms with E-state index in [-0.39, 0.29) is 5.91 Å². The van der Waals surface area contributed by atoms with E-state index in [9.17, 15) is 4.79 Å². The van der Waals surface area contributed by atoms with Gasteiger partial charge in [0.05, 0.1) is 19.6 Å². The van der Waals surface area contributed by atoms with Gasteiger partial charge in [0, 0.05) is 50.5 Å². The van der Waals surface area contributed by atoms with Crippen LogP contribution in [0.2, 0.25) is 0 Å². The molecule has 6 nitrogen and oxygen atoms in total. The van der Waals surface area contributed by atoms with Crippen LogP contribution in [-0.4, -0.2) is 64.3 Å². The van der Waals surface area contributed by atoms with Crippen molar-refractivity contribution in [3.8, 4) is 11.5 Å². The Labute approximate surface area is 178 Å². The van der Waals surface area contributed by atoms with Crippen LogP contribution in [0.15, 0.2) is 48.5 Å². The second-order valence-corrected chi connectivity index (χ2v) is 8.07. The summed E-state index contributed by atoms with van der Waals surface area (Å²) in [6.45, 7) is 5.54. The van der Waals surface area contributed by atoms with Crippen molar-refractivity contribution in [3.05, 3.63) is 54.1 Å². The summed E-state index contributed by atoms with van der Waals surface area (Å²) in [6.07, 6.45) is 1.78. The molecule has 0 spiro atoms. The van der Waals surface area contributed by atoms with Crippen molar-refractivity contribution >= 4 is 11.6 Å². The number of nitrogens with zero attached hydrogens (tertiary/aromatic N) is 2. The van der Waals surface area contributed by atoms with Crippen LogP contribution < -0.4 is 19.7 Å². The van der Waals surface area contributed by atoms with Gasteiger partial charge in [-0.3, -0.25) is 9.69 Å². The molecule has 0 radical (unpaired) electrons. The van der Waals surface area contributed by atoms with Gasteiger partial charge in [-0.1, -0.05) is 18.2 Å². The maximum Gasteiger partial charge on any atom is 0.230 e. The van der Waals surface area contributed by atoms with E-state index >= 15 is 0 Å². The summed E-state index contributed by atoms with van der Waals surface area (Å²) in [5.74, 6) is 1.82. The van der Waals surface area contributed by atoms with Crippen LogP contribution in [0.4, 0.5) is 5.69 Å². The number of nitrogens with one attached hydrogen (secondary N) is 1. The number of para-hydroxylation sites is 1. The molecule has 2 aromatic carbocycles. The summed E-state index contributed by atoms with van der Waals surface area (Å²) in [6, 6.07) is 16.1. The standard InChI is InChI=1S/C24H31N3O3/c1-29-20-9-7-19(8-10-20)27-17-15-26(16-18-27)14-13-25-23(28)24(11-12-24)21-5-3-4-6-22(21)30-2/h3-10H,11-18H2,1-2H3,(H,25,28). The summed E-state index contributed by atoms with van der Waals surface area (Å²) in [7, 11) is 3.35. The summed E-state index contributed by atoms with van der Waals surface area (Å²) in [5.41, 5.74) is 1.84. The fraction of sp³-hybridized carbons (Fsp3) is 0.458. The molecule has 0 atom stereocenters. The number of carbonyl (C=O) groups is 1. The Morgan fingerprint density at radius 2 is 1.67 bits per heavy atom. The van der Waals surface area contributed by atoms with Crippen molar-refractivity contribution in [3.63, 3.8) is 0 Å². The number of benzene rings is 2. The van der Waals surface area contributed by atoms with Crippen LogP contribution in [0.3, 0.4) is 0 Å². The number of carbonyl (C=O) groups excluding carboxylic acids is 1. The number of anilines is 1. The minimum atomic E-state index is -0.403. The molecule has 1 amide bonds. The Balaban J connectivity index is 1.24. The Hall–Kier alpha value is -2.73. The SMILES string of the molecule is COc1ccc(N2CCN(CCNC(=O)C3(c4ccccc4OC)CC3)CC2)cc1. The molecular formula is C24H31N3O3. The largest absolute Gasteiger partial charge is 0.497 e. The van der Waals surface area contributed by atoms with Crippen LogP contribution in [-0.2, 0) is 10.2 Å². The van der Waals surface area contributed by atoms with E-state index < -0.39 is 5.41 Å². The average molecular weight is 410 g/mol. The summed E-state index contributed by atoms with van der Waals surface area (Å²) in [5, 5.41) is 3.17. The first-order chi connectivity index (χ1) is 14.7. The van der Waals surface area contributed by atoms with Gasteiger partial charge in [0.1, 0.15) is 11.5 Å². The zero-order valence-corrected chi connectivity index (χ0v) is 17.9. The van der Waals surface area contributed by atoms with Gasteiger partial charge >= 0.3 is 0 Å². The molecule has 6 heteroatoms. The lowest BCUT2D eigenvalue weighted by Gasteiger charge is -2.36. The maximum atomic E-state index is 12.9. The highest BCUT2D eigenvalue weighted by Crippen LogP contribution is 2.51. The fourth-order valence-electron chi connectivity index (χ4n) is 4.30. The first-order valence-corrected chi connectivity index (χ1v) is 10.7. The molecule has 2 fully saturated rings. The molecule has 0 bridgehead atoms. The molecule has 1 aliphatic heterocycles. The molecule has 160 valence electrons. The van der Waals surface area contributed by atoms with E-state index in [1.54, 1.807) is 14.2 Å². The monoisotopic (exact) mass is 409 g/mol. The highest BCUT2D eigenvalue weighted by molar-refractivity contribution is 5.92. The van der Waals surface area contributed by atoms with E-state index in [2.05, 4.69) is 27.2 Å². The first kappa shape index (κ1) is 20.5. The van der Waals surface area contributed by atoms with Crippen LogP contribution >= 0.6 is 0 Å². The molecule has 4 rings (SSSR count). The number of rotatable bonds is 8. The third kappa shape index (κ3) is 4.24. The molecule has 2 aromatic rings. The number of piperazine rings is 1.